The van der Waals surface area contributed by atoms with Crippen LogP contribution in [0.5, 0.6) is 0 Å². The van der Waals surface area contributed by atoms with Crippen molar-refractivity contribution < 1.29 is 18.3 Å². The van der Waals surface area contributed by atoms with Gasteiger partial charge in [0.05, 0.1) is 22.8 Å². The first-order valence-electron chi connectivity index (χ1n) is 6.91. The highest BCUT2D eigenvalue weighted by Crippen LogP contribution is 2.42. The molecule has 21 heavy (non-hydrogen) atoms. The van der Waals surface area contributed by atoms with Gasteiger partial charge in [-0.25, -0.2) is 0 Å². The third-order valence-electron chi connectivity index (χ3n) is 4.43. The number of hydrogen-bond acceptors (Lipinski definition) is 3. The molecular formula is C15H15F3N2O. The Balaban J connectivity index is 2.03. The van der Waals surface area contributed by atoms with Gasteiger partial charge < -0.3 is 10.4 Å². The van der Waals surface area contributed by atoms with Crippen molar-refractivity contribution in [1.82, 2.24) is 5.32 Å². The van der Waals surface area contributed by atoms with Gasteiger partial charge in [-0.1, -0.05) is 0 Å². The van der Waals surface area contributed by atoms with Gasteiger partial charge in [0, 0.05) is 12.1 Å². The Labute approximate surface area is 120 Å². The molecule has 2 fully saturated rings. The Hall–Kier alpha value is -1.58. The summed E-state index contributed by atoms with van der Waals surface area (Å²) in [6, 6.07) is 5.19. The third-order valence-corrected chi connectivity index (χ3v) is 4.43. The molecule has 112 valence electrons. The van der Waals surface area contributed by atoms with Crippen LogP contribution in [0.2, 0.25) is 0 Å². The number of fused-ring (bicyclic) bond motifs is 2. The van der Waals surface area contributed by atoms with E-state index in [1.54, 1.807) is 6.07 Å². The monoisotopic (exact) mass is 296 g/mol. The van der Waals surface area contributed by atoms with Crippen LogP contribution in [0.25, 0.3) is 0 Å². The molecule has 2 heterocycles. The molecule has 0 radical (unpaired) electrons. The van der Waals surface area contributed by atoms with Gasteiger partial charge in [0.2, 0.25) is 0 Å². The second kappa shape index (κ2) is 4.72. The highest BCUT2D eigenvalue weighted by Gasteiger charge is 2.44. The normalized spacial score (nSPS) is 32.0. The van der Waals surface area contributed by atoms with Gasteiger partial charge in [-0.15, -0.1) is 0 Å². The zero-order chi connectivity index (χ0) is 15.3. The first kappa shape index (κ1) is 14.4. The fourth-order valence-corrected chi connectivity index (χ4v) is 3.48. The predicted molar refractivity (Wildman–Crippen MR) is 69.2 cm³/mol. The lowest BCUT2D eigenvalue weighted by Gasteiger charge is -2.37. The number of nitrogens with one attached hydrogen (secondary N) is 1. The Morgan fingerprint density at radius 1 is 1.19 bits per heavy atom. The molecule has 3 rings (SSSR count). The summed E-state index contributed by atoms with van der Waals surface area (Å²) in [5.74, 6) is 0. The van der Waals surface area contributed by atoms with E-state index in [2.05, 4.69) is 5.32 Å². The molecule has 2 bridgehead atoms. The van der Waals surface area contributed by atoms with Crippen molar-refractivity contribution in [1.29, 1.82) is 5.26 Å². The van der Waals surface area contributed by atoms with Gasteiger partial charge in [0.1, 0.15) is 0 Å². The fraction of sp³-hybridized carbons (Fsp3) is 0.533. The molecule has 0 amide bonds. The molecule has 2 aliphatic heterocycles. The zero-order valence-corrected chi connectivity index (χ0v) is 11.2. The molecule has 1 aromatic rings. The molecule has 6 heteroatoms. The van der Waals surface area contributed by atoms with E-state index < -0.39 is 17.3 Å². The lowest BCUT2D eigenvalue weighted by Crippen LogP contribution is -2.46. The quantitative estimate of drug-likeness (QED) is 0.837. The van der Waals surface area contributed by atoms with Crippen LogP contribution in [0.3, 0.4) is 0 Å². The average Bonchev–Trinajstić information content (AvgIpc) is 2.77. The van der Waals surface area contributed by atoms with Gasteiger partial charge in [0.25, 0.3) is 0 Å². The number of nitriles is 1. The minimum atomic E-state index is -4.52. The van der Waals surface area contributed by atoms with E-state index >= 15 is 0 Å². The Kier molecular flexibility index (Phi) is 3.23. The first-order chi connectivity index (χ1) is 9.80. The summed E-state index contributed by atoms with van der Waals surface area (Å²) >= 11 is 0. The summed E-state index contributed by atoms with van der Waals surface area (Å²) in [5.41, 5.74) is -2.04. The fourth-order valence-electron chi connectivity index (χ4n) is 3.48. The molecule has 0 saturated carbocycles. The van der Waals surface area contributed by atoms with Gasteiger partial charge in [-0.3, -0.25) is 0 Å². The Morgan fingerprint density at radius 2 is 1.81 bits per heavy atom. The summed E-state index contributed by atoms with van der Waals surface area (Å²) < 4.78 is 38.8. The van der Waals surface area contributed by atoms with Crippen LogP contribution < -0.4 is 5.32 Å². The van der Waals surface area contributed by atoms with Crippen molar-refractivity contribution in [2.24, 2.45) is 0 Å². The van der Waals surface area contributed by atoms with Crippen LogP contribution in [0.1, 0.15) is 42.4 Å². The molecule has 0 aliphatic carbocycles. The molecule has 1 aromatic carbocycles. The van der Waals surface area contributed by atoms with E-state index in [4.69, 9.17) is 5.26 Å². The summed E-state index contributed by atoms with van der Waals surface area (Å²) in [5, 5.41) is 23.1. The number of benzene rings is 1. The Morgan fingerprint density at radius 3 is 2.33 bits per heavy atom. The largest absolute Gasteiger partial charge is 0.416 e. The number of rotatable bonds is 1. The van der Waals surface area contributed by atoms with Crippen molar-refractivity contribution in [3.05, 3.63) is 34.9 Å². The average molecular weight is 296 g/mol. The van der Waals surface area contributed by atoms with Crippen molar-refractivity contribution >= 4 is 0 Å². The second-order valence-corrected chi connectivity index (χ2v) is 5.99. The highest BCUT2D eigenvalue weighted by molar-refractivity contribution is 5.41. The van der Waals surface area contributed by atoms with Gasteiger partial charge in [0.15, 0.2) is 0 Å². The lowest BCUT2D eigenvalue weighted by molar-refractivity contribution is -0.137. The van der Waals surface area contributed by atoms with E-state index in [0.29, 0.717) is 12.8 Å². The number of piperidine rings is 1. The molecule has 2 N–H and O–H groups in total. The van der Waals surface area contributed by atoms with Crippen molar-refractivity contribution in [2.45, 2.75) is 49.5 Å². The van der Waals surface area contributed by atoms with Crippen LogP contribution in [-0.4, -0.2) is 17.2 Å². The smallest absolute Gasteiger partial charge is 0.385 e. The lowest BCUT2D eigenvalue weighted by atomic mass is 9.80. The molecule has 2 saturated heterocycles. The van der Waals surface area contributed by atoms with E-state index in [-0.39, 0.29) is 23.2 Å². The third kappa shape index (κ3) is 2.63. The topological polar surface area (TPSA) is 56.0 Å². The summed E-state index contributed by atoms with van der Waals surface area (Å²) in [4.78, 5) is 0. The molecule has 0 spiro atoms. The minimum Gasteiger partial charge on any atom is -0.385 e. The first-order valence-corrected chi connectivity index (χ1v) is 6.91. The molecule has 2 atom stereocenters. The second-order valence-electron chi connectivity index (χ2n) is 5.99. The highest BCUT2D eigenvalue weighted by atomic mass is 19.4. The maximum atomic E-state index is 12.9. The van der Waals surface area contributed by atoms with E-state index in [0.717, 1.165) is 25.0 Å². The number of nitrogens with zero attached hydrogens (tertiary/aromatic N) is 1. The summed E-state index contributed by atoms with van der Waals surface area (Å²) in [7, 11) is 0. The minimum absolute atomic E-state index is 0.0703. The number of hydrogen-bond donors (Lipinski definition) is 2. The van der Waals surface area contributed by atoms with Crippen LogP contribution in [0, 0.1) is 11.3 Å². The van der Waals surface area contributed by atoms with E-state index in [1.807, 2.05) is 0 Å². The number of halogens is 3. The summed E-state index contributed by atoms with van der Waals surface area (Å²) in [6.45, 7) is 0. The van der Waals surface area contributed by atoms with Crippen LogP contribution >= 0.6 is 0 Å². The molecule has 2 unspecified atom stereocenters. The standard InChI is InChI=1S/C15H15F3N2O/c16-15(17,18)11-4-9(8-19)3-10(5-11)14(21)6-12-1-2-13(7-14)20-12/h3-5,12-13,20-21H,1-2,6-7H2. The molecular weight excluding hydrogens is 281 g/mol. The van der Waals surface area contributed by atoms with Crippen molar-refractivity contribution in [2.75, 3.05) is 0 Å². The van der Waals surface area contributed by atoms with E-state index in [9.17, 15) is 18.3 Å². The molecule has 3 nitrogen and oxygen atoms in total. The van der Waals surface area contributed by atoms with Crippen LogP contribution in [-0.2, 0) is 11.8 Å². The number of alkyl halides is 3. The van der Waals surface area contributed by atoms with Gasteiger partial charge >= 0.3 is 6.18 Å². The van der Waals surface area contributed by atoms with Crippen LogP contribution in [0.4, 0.5) is 13.2 Å². The zero-order valence-electron chi connectivity index (χ0n) is 11.2. The van der Waals surface area contributed by atoms with Gasteiger partial charge in [-0.2, -0.15) is 18.4 Å². The molecule has 2 aliphatic rings. The van der Waals surface area contributed by atoms with Gasteiger partial charge in [-0.05, 0) is 49.4 Å². The maximum absolute atomic E-state index is 12.9. The van der Waals surface area contributed by atoms with E-state index in [1.165, 1.54) is 6.07 Å². The maximum Gasteiger partial charge on any atom is 0.416 e. The SMILES string of the molecule is N#Cc1cc(C(F)(F)F)cc(C2(O)CC3CCC(C2)N3)c1. The van der Waals surface area contributed by atoms with Crippen molar-refractivity contribution in [3.63, 3.8) is 0 Å². The Bertz CT molecular complexity index is 594. The number of aliphatic hydroxyl groups is 1. The predicted octanol–water partition coefficient (Wildman–Crippen LogP) is 2.68. The van der Waals surface area contributed by atoms with Crippen molar-refractivity contribution in [3.8, 4) is 6.07 Å². The molecule has 0 aromatic heterocycles. The van der Waals surface area contributed by atoms with Crippen LogP contribution in [0.15, 0.2) is 18.2 Å². The summed E-state index contributed by atoms with van der Waals surface area (Å²) in [6.07, 6.45) is -1.90.